The Labute approximate surface area is 393 Å². The van der Waals surface area contributed by atoms with E-state index in [-0.39, 0.29) is 6.85 Å². The van der Waals surface area contributed by atoms with E-state index in [1.165, 1.54) is 144 Å². The average molecular weight is 857 g/mol. The summed E-state index contributed by atoms with van der Waals surface area (Å²) in [4.78, 5) is 2.53. The van der Waals surface area contributed by atoms with Gasteiger partial charge in [-0.2, -0.15) is 0 Å². The molecule has 13 rings (SSSR count). The molecule has 2 aliphatic rings. The molecule has 0 saturated carbocycles. The van der Waals surface area contributed by atoms with Crippen molar-refractivity contribution in [3.8, 4) is 55.6 Å². The van der Waals surface area contributed by atoms with Crippen molar-refractivity contribution in [2.24, 2.45) is 0 Å². The lowest BCUT2D eigenvalue weighted by Gasteiger charge is -2.41. The first-order chi connectivity index (χ1) is 32.7. The van der Waals surface area contributed by atoms with E-state index in [1.54, 1.807) is 0 Å². The minimum absolute atomic E-state index is 0.101. The fourth-order valence-corrected chi connectivity index (χ4v) is 11.9. The van der Waals surface area contributed by atoms with Crippen LogP contribution in [0.4, 0.5) is 17.1 Å². The third-order valence-corrected chi connectivity index (χ3v) is 14.9. The van der Waals surface area contributed by atoms with Crippen LogP contribution in [0.25, 0.3) is 88.2 Å². The standard InChI is InChI=1S/C64H49BN2/c1-38-13-19-44(20-14-38)45-25-28-49(29-26-45)66-57-32-27-48(46-21-15-39(2)16-22-46)37-56(57)65-63-59(66)34-30-50(47-23-17-40(3)18-24-47)62(63)55-12-8-11-54-61-53-10-7-9-52(60-42(5)35-41(4)36-43(60)6)51(53)31-33-58(61)67(65)64(54)55/h7-37H,1-6H3. The van der Waals surface area contributed by atoms with Crippen molar-refractivity contribution >= 4 is 67.4 Å². The lowest BCUT2D eigenvalue weighted by Crippen LogP contribution is -2.56. The van der Waals surface area contributed by atoms with Crippen molar-refractivity contribution in [3.63, 3.8) is 0 Å². The van der Waals surface area contributed by atoms with Gasteiger partial charge in [-0.3, -0.25) is 0 Å². The zero-order valence-corrected chi connectivity index (χ0v) is 38.9. The highest BCUT2D eigenvalue weighted by molar-refractivity contribution is 6.90. The van der Waals surface area contributed by atoms with Gasteiger partial charge in [0, 0.05) is 44.4 Å². The van der Waals surface area contributed by atoms with E-state index in [0.29, 0.717) is 0 Å². The van der Waals surface area contributed by atoms with E-state index in [4.69, 9.17) is 0 Å². The van der Waals surface area contributed by atoms with Gasteiger partial charge in [0.25, 0.3) is 0 Å². The lowest BCUT2D eigenvalue weighted by atomic mass is 9.44. The fraction of sp³-hybridized carbons (Fsp3) is 0.0938. The molecule has 3 heteroatoms. The number of para-hydroxylation sites is 1. The van der Waals surface area contributed by atoms with E-state index >= 15 is 0 Å². The number of fused-ring (bicyclic) bond motifs is 9. The van der Waals surface area contributed by atoms with Gasteiger partial charge in [-0.1, -0.05) is 180 Å². The Bertz CT molecular complexity index is 3810. The van der Waals surface area contributed by atoms with Crippen LogP contribution in [0.5, 0.6) is 0 Å². The Morgan fingerprint density at radius 3 is 1.58 bits per heavy atom. The van der Waals surface area contributed by atoms with Crippen molar-refractivity contribution in [2.45, 2.75) is 41.5 Å². The summed E-state index contributed by atoms with van der Waals surface area (Å²) in [5.74, 6) is 0. The van der Waals surface area contributed by atoms with Crippen LogP contribution < -0.4 is 15.8 Å². The zero-order chi connectivity index (χ0) is 45.2. The van der Waals surface area contributed by atoms with Gasteiger partial charge < -0.3 is 9.38 Å². The van der Waals surface area contributed by atoms with Crippen LogP contribution in [0.3, 0.4) is 0 Å². The summed E-state index contributed by atoms with van der Waals surface area (Å²) < 4.78 is 2.72. The molecule has 2 aliphatic heterocycles. The Balaban J connectivity index is 1.13. The zero-order valence-electron chi connectivity index (χ0n) is 38.9. The molecule has 0 saturated heterocycles. The van der Waals surface area contributed by atoms with Crippen molar-refractivity contribution < 1.29 is 0 Å². The summed E-state index contributed by atoms with van der Waals surface area (Å²) in [6.07, 6.45) is 0. The predicted molar refractivity (Wildman–Crippen MR) is 288 cm³/mol. The summed E-state index contributed by atoms with van der Waals surface area (Å²) in [6.45, 7) is 13.1. The van der Waals surface area contributed by atoms with Crippen molar-refractivity contribution in [1.29, 1.82) is 0 Å². The third-order valence-electron chi connectivity index (χ3n) is 14.9. The highest BCUT2D eigenvalue weighted by Crippen LogP contribution is 2.50. The quantitative estimate of drug-likeness (QED) is 0.157. The molecule has 2 nitrogen and oxygen atoms in total. The molecular formula is C64H49BN2. The molecule has 3 heterocycles. The molecule has 0 bridgehead atoms. The van der Waals surface area contributed by atoms with E-state index in [1.807, 2.05) is 0 Å². The lowest BCUT2D eigenvalue weighted by molar-refractivity contribution is 1.25. The van der Waals surface area contributed by atoms with Crippen LogP contribution in [0.2, 0.25) is 0 Å². The van der Waals surface area contributed by atoms with E-state index in [0.717, 1.165) is 5.69 Å². The molecule has 0 amide bonds. The number of hydrogen-bond acceptors (Lipinski definition) is 1. The van der Waals surface area contributed by atoms with Crippen LogP contribution in [-0.4, -0.2) is 11.3 Å². The molecule has 0 N–H and O–H groups in total. The van der Waals surface area contributed by atoms with Crippen molar-refractivity contribution in [3.05, 3.63) is 221 Å². The van der Waals surface area contributed by atoms with E-state index in [2.05, 4.69) is 239 Å². The third kappa shape index (κ3) is 5.97. The Morgan fingerprint density at radius 1 is 0.373 bits per heavy atom. The molecule has 318 valence electrons. The minimum atomic E-state index is -0.101. The van der Waals surface area contributed by atoms with Gasteiger partial charge in [-0.05, 0) is 155 Å². The van der Waals surface area contributed by atoms with Crippen LogP contribution in [0, 0.1) is 41.5 Å². The summed E-state index contributed by atoms with van der Waals surface area (Å²) in [6, 6.07) is 71.7. The number of nitrogens with zero attached hydrogens (tertiary/aromatic N) is 2. The molecule has 0 spiro atoms. The normalized spacial score (nSPS) is 12.6. The maximum atomic E-state index is 2.72. The Hall–Kier alpha value is -7.88. The fourth-order valence-electron chi connectivity index (χ4n) is 11.9. The van der Waals surface area contributed by atoms with Crippen LogP contribution in [0.1, 0.15) is 33.4 Å². The molecule has 0 atom stereocenters. The summed E-state index contributed by atoms with van der Waals surface area (Å²) in [5, 5.41) is 5.19. The molecule has 0 radical (unpaired) electrons. The van der Waals surface area contributed by atoms with Gasteiger partial charge in [0.1, 0.15) is 0 Å². The average Bonchev–Trinajstić information content (AvgIpc) is 3.68. The number of anilines is 3. The molecule has 0 aliphatic carbocycles. The topological polar surface area (TPSA) is 8.17 Å². The molecule has 0 unspecified atom stereocenters. The van der Waals surface area contributed by atoms with Gasteiger partial charge >= 0.3 is 6.85 Å². The SMILES string of the molecule is Cc1ccc(-c2ccc(N3c4ccc(-c5ccc(C)cc5)cc4B4c5c3ccc(-c3ccc(C)cc3)c5-c3cccc5c6c7cccc(-c8c(C)cc(C)cc8C)c7ccc6n4c35)cc2)cc1. The Kier molecular flexibility index (Phi) is 8.74. The first kappa shape index (κ1) is 39.5. The Morgan fingerprint density at radius 2 is 0.925 bits per heavy atom. The minimum Gasteiger partial charge on any atom is -0.375 e. The molecule has 0 fully saturated rings. The first-order valence-corrected chi connectivity index (χ1v) is 23.7. The second-order valence-corrected chi connectivity index (χ2v) is 19.3. The van der Waals surface area contributed by atoms with Gasteiger partial charge in [-0.15, -0.1) is 0 Å². The first-order valence-electron chi connectivity index (χ1n) is 23.7. The summed E-state index contributed by atoms with van der Waals surface area (Å²) in [7, 11) is 0. The highest BCUT2D eigenvalue weighted by Gasteiger charge is 2.44. The number of rotatable bonds is 5. The highest BCUT2D eigenvalue weighted by atomic mass is 15.2. The van der Waals surface area contributed by atoms with Gasteiger partial charge in [-0.25, -0.2) is 0 Å². The second kappa shape index (κ2) is 14.8. The summed E-state index contributed by atoms with van der Waals surface area (Å²) >= 11 is 0. The molecule has 1 aromatic heterocycles. The van der Waals surface area contributed by atoms with Gasteiger partial charge in [0.05, 0.1) is 0 Å². The molecular weight excluding hydrogens is 808 g/mol. The number of benzene rings is 10. The summed E-state index contributed by atoms with van der Waals surface area (Å²) in [5.41, 5.74) is 29.1. The predicted octanol–water partition coefficient (Wildman–Crippen LogP) is 15.9. The molecule has 10 aromatic carbocycles. The van der Waals surface area contributed by atoms with Crippen molar-refractivity contribution in [1.82, 2.24) is 4.48 Å². The number of hydrogen-bond donors (Lipinski definition) is 0. The van der Waals surface area contributed by atoms with E-state index < -0.39 is 0 Å². The van der Waals surface area contributed by atoms with Crippen LogP contribution >= 0.6 is 0 Å². The maximum absolute atomic E-state index is 2.72. The monoisotopic (exact) mass is 856 g/mol. The number of aromatic nitrogens is 1. The van der Waals surface area contributed by atoms with E-state index in [9.17, 15) is 0 Å². The largest absolute Gasteiger partial charge is 0.375 e. The molecule has 11 aromatic rings. The maximum Gasteiger partial charge on any atom is 0.333 e. The van der Waals surface area contributed by atoms with Crippen molar-refractivity contribution in [2.75, 3.05) is 4.90 Å². The van der Waals surface area contributed by atoms with Crippen LogP contribution in [0.15, 0.2) is 188 Å². The van der Waals surface area contributed by atoms with Gasteiger partial charge in [0.2, 0.25) is 0 Å². The van der Waals surface area contributed by atoms with Gasteiger partial charge in [0.15, 0.2) is 0 Å². The molecule has 67 heavy (non-hydrogen) atoms. The second-order valence-electron chi connectivity index (χ2n) is 19.3. The smallest absolute Gasteiger partial charge is 0.333 e. The number of aryl methyl sites for hydroxylation is 6. The van der Waals surface area contributed by atoms with Crippen LogP contribution in [-0.2, 0) is 0 Å².